The fourth-order valence-electron chi connectivity index (χ4n) is 3.03. The van der Waals surface area contributed by atoms with E-state index in [4.69, 9.17) is 4.74 Å². The van der Waals surface area contributed by atoms with Crippen LogP contribution in [0.3, 0.4) is 0 Å². The molecule has 0 fully saturated rings. The Morgan fingerprint density at radius 3 is 2.86 bits per heavy atom. The lowest BCUT2D eigenvalue weighted by Gasteiger charge is -2.22. The SMILES string of the molecule is Cc1cccc(OCCC(=O)N2c3ccccc3CC2C)c1. The van der Waals surface area contributed by atoms with E-state index in [0.717, 1.165) is 23.4 Å². The second-order valence-corrected chi connectivity index (χ2v) is 5.86. The van der Waals surface area contributed by atoms with Gasteiger partial charge in [0.05, 0.1) is 13.0 Å². The van der Waals surface area contributed by atoms with E-state index < -0.39 is 0 Å². The van der Waals surface area contributed by atoms with Crippen LogP contribution in [0.2, 0.25) is 0 Å². The van der Waals surface area contributed by atoms with Crippen molar-refractivity contribution in [3.63, 3.8) is 0 Å². The highest BCUT2D eigenvalue weighted by Gasteiger charge is 2.30. The first-order chi connectivity index (χ1) is 10.6. The summed E-state index contributed by atoms with van der Waals surface area (Å²) in [5, 5.41) is 0. The molecule has 114 valence electrons. The van der Waals surface area contributed by atoms with E-state index in [1.54, 1.807) is 0 Å². The Morgan fingerprint density at radius 1 is 1.23 bits per heavy atom. The zero-order valence-electron chi connectivity index (χ0n) is 13.1. The number of carbonyl (C=O) groups excluding carboxylic acids is 1. The molecule has 2 aromatic carbocycles. The summed E-state index contributed by atoms with van der Waals surface area (Å²) in [5.41, 5.74) is 3.46. The van der Waals surface area contributed by atoms with Gasteiger partial charge in [0.2, 0.25) is 5.91 Å². The number of nitrogens with zero attached hydrogens (tertiary/aromatic N) is 1. The molecule has 0 N–H and O–H groups in total. The minimum Gasteiger partial charge on any atom is -0.493 e. The smallest absolute Gasteiger partial charge is 0.230 e. The van der Waals surface area contributed by atoms with Crippen LogP contribution in [0.15, 0.2) is 48.5 Å². The van der Waals surface area contributed by atoms with E-state index in [-0.39, 0.29) is 11.9 Å². The molecule has 0 bridgehead atoms. The lowest BCUT2D eigenvalue weighted by molar-refractivity contribution is -0.119. The highest BCUT2D eigenvalue weighted by molar-refractivity contribution is 5.96. The molecule has 1 aliphatic rings. The maximum absolute atomic E-state index is 12.5. The average Bonchev–Trinajstić information content (AvgIpc) is 2.83. The number of para-hydroxylation sites is 1. The summed E-state index contributed by atoms with van der Waals surface area (Å²) >= 11 is 0. The second-order valence-electron chi connectivity index (χ2n) is 5.86. The zero-order chi connectivity index (χ0) is 15.5. The lowest BCUT2D eigenvalue weighted by Crippen LogP contribution is -2.36. The molecule has 1 atom stereocenters. The minimum atomic E-state index is 0.130. The molecule has 1 amide bonds. The number of fused-ring (bicyclic) bond motifs is 1. The monoisotopic (exact) mass is 295 g/mol. The first-order valence-electron chi connectivity index (χ1n) is 7.74. The number of hydrogen-bond acceptors (Lipinski definition) is 2. The quantitative estimate of drug-likeness (QED) is 0.860. The Kier molecular flexibility index (Phi) is 4.14. The fourth-order valence-corrected chi connectivity index (χ4v) is 3.03. The summed E-state index contributed by atoms with van der Waals surface area (Å²) in [6, 6.07) is 16.3. The maximum Gasteiger partial charge on any atom is 0.230 e. The van der Waals surface area contributed by atoms with Crippen LogP contribution in [0.4, 0.5) is 5.69 Å². The van der Waals surface area contributed by atoms with Crippen LogP contribution >= 0.6 is 0 Å². The van der Waals surface area contributed by atoms with Gasteiger partial charge in [0.1, 0.15) is 5.75 Å². The van der Waals surface area contributed by atoms with Gasteiger partial charge in [0, 0.05) is 11.7 Å². The second kappa shape index (κ2) is 6.22. The Labute approximate surface area is 131 Å². The normalized spacial score (nSPS) is 16.5. The molecule has 3 nitrogen and oxygen atoms in total. The number of aryl methyl sites for hydroxylation is 1. The van der Waals surface area contributed by atoms with Crippen LogP contribution in [0.25, 0.3) is 0 Å². The third kappa shape index (κ3) is 2.98. The highest BCUT2D eigenvalue weighted by Crippen LogP contribution is 2.32. The van der Waals surface area contributed by atoms with Gasteiger partial charge < -0.3 is 9.64 Å². The summed E-state index contributed by atoms with van der Waals surface area (Å²) < 4.78 is 5.69. The van der Waals surface area contributed by atoms with Gasteiger partial charge in [0.25, 0.3) is 0 Å². The number of hydrogen-bond donors (Lipinski definition) is 0. The van der Waals surface area contributed by atoms with Crippen molar-refractivity contribution < 1.29 is 9.53 Å². The molecule has 22 heavy (non-hydrogen) atoms. The van der Waals surface area contributed by atoms with Gasteiger partial charge in [-0.2, -0.15) is 0 Å². The van der Waals surface area contributed by atoms with Crippen LogP contribution in [-0.4, -0.2) is 18.6 Å². The van der Waals surface area contributed by atoms with E-state index in [1.807, 2.05) is 54.3 Å². The average molecular weight is 295 g/mol. The molecular formula is C19H21NO2. The van der Waals surface area contributed by atoms with Crippen molar-refractivity contribution in [1.29, 1.82) is 0 Å². The summed E-state index contributed by atoms with van der Waals surface area (Å²) in [6.07, 6.45) is 1.33. The Bertz CT molecular complexity index is 681. The van der Waals surface area contributed by atoms with Crippen molar-refractivity contribution in [3.8, 4) is 5.75 Å². The van der Waals surface area contributed by atoms with E-state index in [9.17, 15) is 4.79 Å². The van der Waals surface area contributed by atoms with Gasteiger partial charge in [-0.1, -0.05) is 30.3 Å². The predicted octanol–water partition coefficient (Wildman–Crippen LogP) is 3.74. The number of ether oxygens (including phenoxy) is 1. The molecule has 1 heterocycles. The molecule has 1 unspecified atom stereocenters. The molecule has 0 saturated carbocycles. The van der Waals surface area contributed by atoms with Crippen LogP contribution in [0.5, 0.6) is 5.75 Å². The summed E-state index contributed by atoms with van der Waals surface area (Å²) in [4.78, 5) is 14.4. The maximum atomic E-state index is 12.5. The first-order valence-corrected chi connectivity index (χ1v) is 7.74. The molecule has 0 spiro atoms. The Hall–Kier alpha value is -2.29. The van der Waals surface area contributed by atoms with Crippen LogP contribution in [-0.2, 0) is 11.2 Å². The van der Waals surface area contributed by atoms with Gasteiger partial charge in [0.15, 0.2) is 0 Å². The fraction of sp³-hybridized carbons (Fsp3) is 0.316. The lowest BCUT2D eigenvalue weighted by atomic mass is 10.1. The molecule has 2 aromatic rings. The molecule has 0 radical (unpaired) electrons. The van der Waals surface area contributed by atoms with Gasteiger partial charge >= 0.3 is 0 Å². The first kappa shape index (κ1) is 14.6. The third-order valence-electron chi connectivity index (χ3n) is 4.05. The van der Waals surface area contributed by atoms with Crippen LogP contribution in [0, 0.1) is 6.92 Å². The van der Waals surface area contributed by atoms with Gasteiger partial charge in [-0.15, -0.1) is 0 Å². The van der Waals surface area contributed by atoms with Crippen molar-refractivity contribution >= 4 is 11.6 Å². The van der Waals surface area contributed by atoms with Gasteiger partial charge in [-0.3, -0.25) is 4.79 Å². The molecule has 1 aliphatic heterocycles. The van der Waals surface area contributed by atoms with E-state index in [2.05, 4.69) is 13.0 Å². The largest absolute Gasteiger partial charge is 0.493 e. The Morgan fingerprint density at radius 2 is 2.05 bits per heavy atom. The molecule has 3 rings (SSSR count). The number of anilines is 1. The standard InChI is InChI=1S/C19H21NO2/c1-14-6-5-8-17(12-14)22-11-10-19(21)20-15(2)13-16-7-3-4-9-18(16)20/h3-9,12,15H,10-11,13H2,1-2H3. The molecular weight excluding hydrogens is 274 g/mol. The van der Waals surface area contributed by atoms with E-state index in [0.29, 0.717) is 13.0 Å². The van der Waals surface area contributed by atoms with Crippen LogP contribution < -0.4 is 9.64 Å². The van der Waals surface area contributed by atoms with Crippen molar-refractivity contribution in [2.45, 2.75) is 32.7 Å². The summed E-state index contributed by atoms with van der Waals surface area (Å²) in [7, 11) is 0. The van der Waals surface area contributed by atoms with Crippen LogP contribution in [0.1, 0.15) is 24.5 Å². The number of benzene rings is 2. The van der Waals surface area contributed by atoms with Crippen molar-refractivity contribution in [1.82, 2.24) is 0 Å². The van der Waals surface area contributed by atoms with E-state index in [1.165, 1.54) is 5.56 Å². The highest BCUT2D eigenvalue weighted by atomic mass is 16.5. The number of amides is 1. The van der Waals surface area contributed by atoms with Crippen molar-refractivity contribution in [2.24, 2.45) is 0 Å². The van der Waals surface area contributed by atoms with Crippen molar-refractivity contribution in [3.05, 3.63) is 59.7 Å². The Balaban J connectivity index is 1.61. The molecule has 0 saturated heterocycles. The van der Waals surface area contributed by atoms with E-state index >= 15 is 0 Å². The molecule has 3 heteroatoms. The predicted molar refractivity (Wildman–Crippen MR) is 88.4 cm³/mol. The third-order valence-corrected chi connectivity index (χ3v) is 4.05. The minimum absolute atomic E-state index is 0.130. The zero-order valence-corrected chi connectivity index (χ0v) is 13.1. The topological polar surface area (TPSA) is 29.5 Å². The van der Waals surface area contributed by atoms with Crippen molar-refractivity contribution in [2.75, 3.05) is 11.5 Å². The van der Waals surface area contributed by atoms with Gasteiger partial charge in [-0.05, 0) is 49.6 Å². The molecule has 0 aliphatic carbocycles. The molecule has 0 aromatic heterocycles. The number of rotatable bonds is 4. The summed E-state index contributed by atoms with van der Waals surface area (Å²) in [6.45, 7) is 4.54. The van der Waals surface area contributed by atoms with Gasteiger partial charge in [-0.25, -0.2) is 0 Å². The number of carbonyl (C=O) groups is 1. The summed E-state index contributed by atoms with van der Waals surface area (Å²) in [5.74, 6) is 0.952.